The van der Waals surface area contributed by atoms with Gasteiger partial charge in [-0.15, -0.1) is 0 Å². The third kappa shape index (κ3) is 3.61. The van der Waals surface area contributed by atoms with E-state index >= 15 is 0 Å². The van der Waals surface area contributed by atoms with E-state index in [0.29, 0.717) is 5.69 Å². The standard InChI is InChI=1S/C23H27N3O4/c1-15(23(28)26-14-22(27)24-18-7-4-5-8-20(18)26)25-12-6-9-19(25)17-13-16(29-2)10-11-21(17)30-3/h4-5,7-8,10-11,13,15,19H,6,9,12,14H2,1-3H3,(H,24,27)/t15-,19+/m0/s1. The third-order valence-corrected chi connectivity index (χ3v) is 5.98. The summed E-state index contributed by atoms with van der Waals surface area (Å²) in [5.74, 6) is 1.29. The Morgan fingerprint density at radius 2 is 1.97 bits per heavy atom. The first kappa shape index (κ1) is 20.2. The number of nitrogens with zero attached hydrogens (tertiary/aromatic N) is 2. The number of para-hydroxylation sites is 2. The van der Waals surface area contributed by atoms with Crippen LogP contribution in [-0.4, -0.2) is 50.1 Å². The van der Waals surface area contributed by atoms with Crippen LogP contribution in [0.1, 0.15) is 31.4 Å². The number of rotatable bonds is 5. The molecule has 7 nitrogen and oxygen atoms in total. The van der Waals surface area contributed by atoms with Crippen LogP contribution in [-0.2, 0) is 9.59 Å². The van der Waals surface area contributed by atoms with E-state index in [9.17, 15) is 9.59 Å². The second-order valence-corrected chi connectivity index (χ2v) is 7.67. The Balaban J connectivity index is 1.63. The number of carbonyl (C=O) groups excluding carboxylic acids is 2. The summed E-state index contributed by atoms with van der Waals surface area (Å²) < 4.78 is 11.0. The number of hydrogen-bond donors (Lipinski definition) is 1. The zero-order chi connectivity index (χ0) is 21.3. The SMILES string of the molecule is COc1ccc(OC)c([C@H]2CCCN2[C@@H](C)C(=O)N2CC(=O)Nc3ccccc32)c1. The van der Waals surface area contributed by atoms with E-state index in [-0.39, 0.29) is 30.4 Å². The van der Waals surface area contributed by atoms with E-state index in [4.69, 9.17) is 9.47 Å². The molecule has 0 radical (unpaired) electrons. The molecule has 2 aliphatic heterocycles. The van der Waals surface area contributed by atoms with Crippen LogP contribution in [0.25, 0.3) is 0 Å². The minimum absolute atomic E-state index is 0.0289. The van der Waals surface area contributed by atoms with Crippen LogP contribution in [0.4, 0.5) is 11.4 Å². The van der Waals surface area contributed by atoms with Gasteiger partial charge in [-0.3, -0.25) is 19.4 Å². The molecule has 1 saturated heterocycles. The smallest absolute Gasteiger partial charge is 0.244 e. The first-order valence-electron chi connectivity index (χ1n) is 10.2. The number of anilines is 2. The number of hydrogen-bond acceptors (Lipinski definition) is 5. The highest BCUT2D eigenvalue weighted by molar-refractivity contribution is 6.11. The van der Waals surface area contributed by atoms with E-state index < -0.39 is 0 Å². The van der Waals surface area contributed by atoms with Crippen molar-refractivity contribution in [3.63, 3.8) is 0 Å². The van der Waals surface area contributed by atoms with Gasteiger partial charge >= 0.3 is 0 Å². The zero-order valence-electron chi connectivity index (χ0n) is 17.6. The quantitative estimate of drug-likeness (QED) is 0.821. The Morgan fingerprint density at radius 1 is 1.17 bits per heavy atom. The van der Waals surface area contributed by atoms with Gasteiger partial charge in [0.2, 0.25) is 11.8 Å². The summed E-state index contributed by atoms with van der Waals surface area (Å²) in [5, 5.41) is 2.84. The molecule has 7 heteroatoms. The predicted octanol–water partition coefficient (Wildman–Crippen LogP) is 3.21. The Hall–Kier alpha value is -3.06. The topological polar surface area (TPSA) is 71.1 Å². The lowest BCUT2D eigenvalue weighted by molar-refractivity contribution is -0.125. The van der Waals surface area contributed by atoms with Crippen LogP contribution in [0, 0.1) is 0 Å². The largest absolute Gasteiger partial charge is 0.497 e. The summed E-state index contributed by atoms with van der Waals surface area (Å²) in [5.41, 5.74) is 2.43. The van der Waals surface area contributed by atoms with E-state index in [1.54, 1.807) is 19.1 Å². The normalized spacial score (nSPS) is 19.8. The number of benzene rings is 2. The number of nitrogens with one attached hydrogen (secondary N) is 1. The Labute approximate surface area is 176 Å². The van der Waals surface area contributed by atoms with Crippen LogP contribution >= 0.6 is 0 Å². The van der Waals surface area contributed by atoms with Crippen molar-refractivity contribution < 1.29 is 19.1 Å². The molecule has 158 valence electrons. The maximum atomic E-state index is 13.5. The molecule has 1 N–H and O–H groups in total. The van der Waals surface area contributed by atoms with Gasteiger partial charge in [-0.05, 0) is 56.6 Å². The van der Waals surface area contributed by atoms with E-state index in [1.165, 1.54) is 0 Å². The summed E-state index contributed by atoms with van der Waals surface area (Å²) in [6.45, 7) is 2.75. The first-order valence-corrected chi connectivity index (χ1v) is 10.2. The highest BCUT2D eigenvalue weighted by Crippen LogP contribution is 2.40. The molecule has 2 aliphatic rings. The van der Waals surface area contributed by atoms with Crippen LogP contribution < -0.4 is 19.7 Å². The van der Waals surface area contributed by atoms with Crippen LogP contribution in [0.2, 0.25) is 0 Å². The number of carbonyl (C=O) groups is 2. The van der Waals surface area contributed by atoms with Crippen LogP contribution in [0.15, 0.2) is 42.5 Å². The van der Waals surface area contributed by atoms with Crippen molar-refractivity contribution in [2.45, 2.75) is 31.8 Å². The van der Waals surface area contributed by atoms with E-state index in [2.05, 4.69) is 10.2 Å². The molecule has 0 bridgehead atoms. The molecule has 30 heavy (non-hydrogen) atoms. The molecule has 0 unspecified atom stereocenters. The average Bonchev–Trinajstić information content (AvgIpc) is 3.26. The summed E-state index contributed by atoms with van der Waals surface area (Å²) in [4.78, 5) is 29.5. The van der Waals surface area contributed by atoms with Crippen molar-refractivity contribution in [2.75, 3.05) is 37.5 Å². The van der Waals surface area contributed by atoms with Gasteiger partial charge in [-0.1, -0.05) is 12.1 Å². The first-order chi connectivity index (χ1) is 14.5. The molecule has 0 aliphatic carbocycles. The molecule has 2 heterocycles. The Kier molecular flexibility index (Phi) is 5.63. The van der Waals surface area contributed by atoms with Crippen molar-refractivity contribution in [3.8, 4) is 11.5 Å². The maximum absolute atomic E-state index is 13.5. The minimum atomic E-state index is -0.382. The van der Waals surface area contributed by atoms with Gasteiger partial charge in [0.15, 0.2) is 0 Å². The lowest BCUT2D eigenvalue weighted by Gasteiger charge is -2.36. The summed E-state index contributed by atoms with van der Waals surface area (Å²) in [6, 6.07) is 12.8. The van der Waals surface area contributed by atoms with Gasteiger partial charge in [0, 0.05) is 11.6 Å². The number of methoxy groups -OCH3 is 2. The lowest BCUT2D eigenvalue weighted by atomic mass is 10.0. The average molecular weight is 409 g/mol. The fraction of sp³-hybridized carbons (Fsp3) is 0.391. The molecule has 1 fully saturated rings. The minimum Gasteiger partial charge on any atom is -0.497 e. The van der Waals surface area contributed by atoms with Gasteiger partial charge in [0.25, 0.3) is 0 Å². The molecule has 4 rings (SSSR count). The fourth-order valence-corrected chi connectivity index (χ4v) is 4.48. The van der Waals surface area contributed by atoms with Gasteiger partial charge in [-0.2, -0.15) is 0 Å². The zero-order valence-corrected chi connectivity index (χ0v) is 17.6. The highest BCUT2D eigenvalue weighted by Gasteiger charge is 2.38. The van der Waals surface area contributed by atoms with Gasteiger partial charge < -0.3 is 14.8 Å². The van der Waals surface area contributed by atoms with Crippen molar-refractivity contribution in [3.05, 3.63) is 48.0 Å². The predicted molar refractivity (Wildman–Crippen MR) is 115 cm³/mol. The number of ether oxygens (including phenoxy) is 2. The van der Waals surface area contributed by atoms with Gasteiger partial charge in [0.1, 0.15) is 18.0 Å². The number of amides is 2. The summed E-state index contributed by atoms with van der Waals surface area (Å²) in [6.07, 6.45) is 1.91. The molecule has 2 aromatic carbocycles. The number of fused-ring (bicyclic) bond motifs is 1. The molecule has 2 aromatic rings. The Bertz CT molecular complexity index is 961. The molecule has 0 saturated carbocycles. The van der Waals surface area contributed by atoms with Crippen molar-refractivity contribution in [1.29, 1.82) is 0 Å². The van der Waals surface area contributed by atoms with E-state index in [1.807, 2.05) is 49.4 Å². The molecule has 0 spiro atoms. The van der Waals surface area contributed by atoms with Crippen LogP contribution in [0.3, 0.4) is 0 Å². The molecular weight excluding hydrogens is 382 g/mol. The number of likely N-dealkylation sites (tertiary alicyclic amines) is 1. The molecule has 0 aromatic heterocycles. The Morgan fingerprint density at radius 3 is 2.73 bits per heavy atom. The lowest BCUT2D eigenvalue weighted by Crippen LogP contribution is -2.51. The monoisotopic (exact) mass is 409 g/mol. The highest BCUT2D eigenvalue weighted by atomic mass is 16.5. The second kappa shape index (κ2) is 8.36. The third-order valence-electron chi connectivity index (χ3n) is 5.98. The summed E-state index contributed by atoms with van der Waals surface area (Å²) >= 11 is 0. The summed E-state index contributed by atoms with van der Waals surface area (Å²) in [7, 11) is 3.30. The van der Waals surface area contributed by atoms with Gasteiger partial charge in [-0.25, -0.2) is 0 Å². The van der Waals surface area contributed by atoms with Crippen molar-refractivity contribution in [1.82, 2.24) is 4.90 Å². The fourth-order valence-electron chi connectivity index (χ4n) is 4.48. The molecule has 2 atom stereocenters. The maximum Gasteiger partial charge on any atom is 0.244 e. The van der Waals surface area contributed by atoms with Gasteiger partial charge in [0.05, 0.1) is 31.6 Å². The van der Waals surface area contributed by atoms with Crippen molar-refractivity contribution in [2.24, 2.45) is 0 Å². The van der Waals surface area contributed by atoms with Crippen LogP contribution in [0.5, 0.6) is 11.5 Å². The second-order valence-electron chi connectivity index (χ2n) is 7.67. The molecule has 2 amide bonds. The molecular formula is C23H27N3O4. The van der Waals surface area contributed by atoms with E-state index in [0.717, 1.165) is 42.1 Å². The van der Waals surface area contributed by atoms with Crippen molar-refractivity contribution >= 4 is 23.2 Å².